The van der Waals surface area contributed by atoms with Gasteiger partial charge in [-0.05, 0) is 74.8 Å². The minimum absolute atomic E-state index is 0.0828. The van der Waals surface area contributed by atoms with Crippen molar-refractivity contribution in [3.05, 3.63) is 58.2 Å². The lowest BCUT2D eigenvalue weighted by molar-refractivity contribution is -0.155. The number of likely N-dealkylation sites (tertiary alicyclic amines) is 1. The van der Waals surface area contributed by atoms with Crippen LogP contribution < -0.4 is 10.7 Å². The number of methoxy groups -OCH3 is 1. The summed E-state index contributed by atoms with van der Waals surface area (Å²) < 4.78 is 14.2. The van der Waals surface area contributed by atoms with Crippen LogP contribution in [0.15, 0.2) is 41.9 Å². The van der Waals surface area contributed by atoms with Gasteiger partial charge in [-0.3, -0.25) is 38.9 Å². The van der Waals surface area contributed by atoms with Crippen LogP contribution in [0.3, 0.4) is 0 Å². The van der Waals surface area contributed by atoms with Crippen LogP contribution in [0, 0.1) is 29.1 Å². The summed E-state index contributed by atoms with van der Waals surface area (Å²) in [6.07, 6.45) is 3.20. The van der Waals surface area contributed by atoms with Crippen LogP contribution in [0.4, 0.5) is 0 Å². The lowest BCUT2D eigenvalue weighted by Gasteiger charge is -2.41. The van der Waals surface area contributed by atoms with Gasteiger partial charge in [0.2, 0.25) is 11.8 Å². The molecule has 67 heavy (non-hydrogen) atoms. The minimum Gasteiger partial charge on any atom is -0.464 e. The van der Waals surface area contributed by atoms with Crippen molar-refractivity contribution in [1.29, 1.82) is 0 Å². The molecule has 4 aromatic rings. The van der Waals surface area contributed by atoms with Crippen LogP contribution in [0.1, 0.15) is 76.8 Å². The molecule has 4 atom stereocenters. The number of aromatic nitrogens is 3. The number of hydrazine groups is 1. The van der Waals surface area contributed by atoms with Crippen molar-refractivity contribution in [2.24, 2.45) is 17.3 Å². The molecule has 0 unspecified atom stereocenters. The summed E-state index contributed by atoms with van der Waals surface area (Å²) in [5.74, 6) is 3.03. The molecular weight excluding hydrogens is 871 g/mol. The van der Waals surface area contributed by atoms with E-state index in [4.69, 9.17) is 19.4 Å². The molecule has 6 heterocycles. The van der Waals surface area contributed by atoms with Gasteiger partial charge >= 0.3 is 5.97 Å². The molecule has 1 aromatic carbocycles. The van der Waals surface area contributed by atoms with Crippen LogP contribution in [-0.4, -0.2) is 143 Å². The van der Waals surface area contributed by atoms with Crippen molar-refractivity contribution in [1.82, 2.24) is 45.0 Å². The number of thiazole rings is 1. The molecule has 0 aliphatic carbocycles. The Morgan fingerprint density at radius 1 is 1.12 bits per heavy atom. The Kier molecular flexibility index (Phi) is 15.2. The average Bonchev–Trinajstić information content (AvgIpc) is 3.88. The summed E-state index contributed by atoms with van der Waals surface area (Å²) in [5, 5.41) is 8.12. The predicted molar refractivity (Wildman–Crippen MR) is 257 cm³/mol. The van der Waals surface area contributed by atoms with Crippen molar-refractivity contribution in [3.63, 3.8) is 0 Å². The van der Waals surface area contributed by atoms with Crippen LogP contribution >= 0.6 is 11.3 Å². The lowest BCUT2D eigenvalue weighted by atomic mass is 9.84. The standard InChI is InChI=1S/C50H65N9O7S/c1-11-58-40-19-18-32-23-35(40)36(45(58)34-15-12-20-51-43(34)31(4)65-10)25-50(5,6)29-66-49(64)37-16-13-22-59(54-37)48(63)38(24-41-52-39(32)28-67-41)53-46(61)44(30(2)3)56(9)47(62)33-26-57(27-33)21-14-17-42(60)55(7)8/h12,15,18-20,23,28,30-31,33,37-38,44,54H,11,13,16,21-22,24-27,29H2,1-10H3,(H,53,61)/t31-,37-,38-,44-/m0/s1. The van der Waals surface area contributed by atoms with Crippen LogP contribution in [-0.2, 0) is 52.8 Å². The number of hydrogen-bond donors (Lipinski definition) is 2. The highest BCUT2D eigenvalue weighted by Gasteiger charge is 2.41. The number of fused-ring (bicyclic) bond motifs is 6. The SMILES string of the molecule is CCn1c(-c2cccnc2[C@H](C)OC)c2c3cc(ccc31)-c1csc(n1)C[C@H](NC(=O)[C@H](C(C)C)N(C)C(=O)C1CN(CC#CC(=O)N(C)C)C1)C(=O)N1CCC[C@H](N1)C(=O)OCC(C)(C)C2. The number of nitrogens with zero attached hydrogens (tertiary/aromatic N) is 7. The van der Waals surface area contributed by atoms with Gasteiger partial charge < -0.3 is 29.2 Å². The molecule has 0 radical (unpaired) electrons. The lowest BCUT2D eigenvalue weighted by Crippen LogP contribution is -2.63. The van der Waals surface area contributed by atoms with Gasteiger partial charge in [0.1, 0.15) is 18.1 Å². The van der Waals surface area contributed by atoms with Crippen LogP contribution in [0.25, 0.3) is 33.4 Å². The van der Waals surface area contributed by atoms with Gasteiger partial charge in [0.25, 0.3) is 11.8 Å². The second-order valence-corrected chi connectivity index (χ2v) is 20.2. The fraction of sp³-hybridized carbons (Fsp3) is 0.540. The van der Waals surface area contributed by atoms with Crippen molar-refractivity contribution < 1.29 is 33.4 Å². The van der Waals surface area contributed by atoms with E-state index in [1.807, 2.05) is 37.1 Å². The van der Waals surface area contributed by atoms with E-state index in [0.717, 1.165) is 44.7 Å². The second kappa shape index (κ2) is 20.7. The number of cyclic esters (lactones) is 1. The zero-order valence-corrected chi connectivity index (χ0v) is 41.3. The molecule has 6 bridgehead atoms. The van der Waals surface area contributed by atoms with Crippen molar-refractivity contribution in [2.45, 2.75) is 98.0 Å². The predicted octanol–water partition coefficient (Wildman–Crippen LogP) is 4.71. The Bertz CT molecular complexity index is 2570. The molecule has 2 N–H and O–H groups in total. The smallest absolute Gasteiger partial charge is 0.324 e. The Morgan fingerprint density at radius 3 is 2.58 bits per heavy atom. The first-order valence-corrected chi connectivity index (χ1v) is 24.1. The molecule has 2 saturated heterocycles. The maximum Gasteiger partial charge on any atom is 0.324 e. The number of esters is 1. The molecule has 16 nitrogen and oxygen atoms in total. The van der Waals surface area contributed by atoms with E-state index in [2.05, 4.69) is 72.2 Å². The summed E-state index contributed by atoms with van der Waals surface area (Å²) in [6, 6.07) is 7.67. The van der Waals surface area contributed by atoms with Crippen LogP contribution in [0.2, 0.25) is 0 Å². The van der Waals surface area contributed by atoms with Crippen LogP contribution in [0.5, 0.6) is 0 Å². The molecule has 4 amide bonds. The molecule has 7 rings (SSSR count). The zero-order valence-electron chi connectivity index (χ0n) is 40.5. The zero-order chi connectivity index (χ0) is 48.3. The largest absolute Gasteiger partial charge is 0.464 e. The number of carbonyl (C=O) groups is 5. The third-order valence-corrected chi connectivity index (χ3v) is 13.9. The molecule has 0 spiro atoms. The maximum absolute atomic E-state index is 14.6. The number of pyridine rings is 1. The number of aryl methyl sites for hydroxylation is 1. The number of likely N-dealkylation sites (N-methyl/N-ethyl adjacent to an activating group) is 1. The van der Waals surface area contributed by atoms with Crippen molar-refractivity contribution in [2.75, 3.05) is 61.0 Å². The molecule has 3 aromatic heterocycles. The highest BCUT2D eigenvalue weighted by molar-refractivity contribution is 7.10. The quantitative estimate of drug-likeness (QED) is 0.167. The van der Waals surface area contributed by atoms with Gasteiger partial charge in [0, 0.05) is 99.9 Å². The number of benzene rings is 1. The van der Waals surface area contributed by atoms with Gasteiger partial charge in [-0.2, -0.15) is 0 Å². The van der Waals surface area contributed by atoms with E-state index >= 15 is 0 Å². The van der Waals surface area contributed by atoms with E-state index in [9.17, 15) is 24.0 Å². The number of ether oxygens (including phenoxy) is 2. The molecule has 0 saturated carbocycles. The highest BCUT2D eigenvalue weighted by Crippen LogP contribution is 2.42. The molecule has 358 valence electrons. The topological polar surface area (TPSA) is 172 Å². The Balaban J connectivity index is 1.21. The third kappa shape index (κ3) is 10.7. The molecule has 17 heteroatoms. The Morgan fingerprint density at radius 2 is 1.88 bits per heavy atom. The molecule has 2 fully saturated rings. The van der Waals surface area contributed by atoms with Crippen molar-refractivity contribution in [3.8, 4) is 34.4 Å². The summed E-state index contributed by atoms with van der Waals surface area (Å²) in [6.45, 7) is 14.5. The van der Waals surface area contributed by atoms with E-state index < -0.39 is 41.3 Å². The average molecular weight is 936 g/mol. The highest BCUT2D eigenvalue weighted by atomic mass is 32.1. The molecular formula is C50H65N9O7S. The van der Waals surface area contributed by atoms with E-state index in [1.54, 1.807) is 34.4 Å². The van der Waals surface area contributed by atoms with E-state index in [-0.39, 0.29) is 42.8 Å². The first kappa shape index (κ1) is 49.2. The van der Waals surface area contributed by atoms with E-state index in [1.165, 1.54) is 26.1 Å². The normalized spacial score (nSPS) is 20.0. The second-order valence-electron chi connectivity index (χ2n) is 19.3. The monoisotopic (exact) mass is 935 g/mol. The number of carbonyl (C=O) groups excluding carboxylic acids is 5. The number of rotatable bonds is 10. The van der Waals surface area contributed by atoms with E-state index in [0.29, 0.717) is 57.0 Å². The first-order chi connectivity index (χ1) is 31.9. The summed E-state index contributed by atoms with van der Waals surface area (Å²) in [7, 11) is 6.59. The van der Waals surface area contributed by atoms with Gasteiger partial charge in [0.15, 0.2) is 0 Å². The molecule has 3 aliphatic rings. The minimum atomic E-state index is -1.07. The third-order valence-electron chi connectivity index (χ3n) is 13.0. The summed E-state index contributed by atoms with van der Waals surface area (Å²) in [5.41, 5.74) is 9.27. The Labute approximate surface area is 397 Å². The molecule has 3 aliphatic heterocycles. The maximum atomic E-state index is 14.6. The van der Waals surface area contributed by atoms with Gasteiger partial charge in [-0.25, -0.2) is 10.4 Å². The van der Waals surface area contributed by atoms with Gasteiger partial charge in [-0.15, -0.1) is 11.3 Å². The fourth-order valence-corrected chi connectivity index (χ4v) is 10.2. The number of amides is 4. The summed E-state index contributed by atoms with van der Waals surface area (Å²) in [4.78, 5) is 83.4. The fourth-order valence-electron chi connectivity index (χ4n) is 9.37. The number of hydrogen-bond acceptors (Lipinski definition) is 12. The van der Waals surface area contributed by atoms with Gasteiger partial charge in [-0.1, -0.05) is 39.7 Å². The Hall–Kier alpha value is -5.67. The van der Waals surface area contributed by atoms with Crippen molar-refractivity contribution >= 4 is 51.8 Å². The summed E-state index contributed by atoms with van der Waals surface area (Å²) >= 11 is 1.41. The first-order valence-electron chi connectivity index (χ1n) is 23.2. The number of nitrogens with one attached hydrogen (secondary N) is 2. The van der Waals surface area contributed by atoms with Gasteiger partial charge in [0.05, 0.1) is 47.3 Å².